The molecule has 1 fully saturated rings. The van der Waals surface area contributed by atoms with Crippen molar-refractivity contribution in [2.45, 2.75) is 50.5 Å². The Morgan fingerprint density at radius 1 is 1.35 bits per heavy atom. The number of aromatic nitrogens is 2. The second-order valence-corrected chi connectivity index (χ2v) is 9.14. The third-order valence-corrected chi connectivity index (χ3v) is 6.13. The summed E-state index contributed by atoms with van der Waals surface area (Å²) in [7, 11) is -2.19. The minimum atomic E-state index is -4.56. The summed E-state index contributed by atoms with van der Waals surface area (Å²) >= 11 is 0. The van der Waals surface area contributed by atoms with Crippen molar-refractivity contribution in [3.8, 4) is 0 Å². The van der Waals surface area contributed by atoms with Crippen molar-refractivity contribution in [2.24, 2.45) is 5.73 Å². The molecular formula is C20H32N4O9P-. The number of phosphoric acid groups is 1. The minimum absolute atomic E-state index is 0.00212. The van der Waals surface area contributed by atoms with Gasteiger partial charge in [0.1, 0.15) is 12.3 Å². The number of phosphoric ester groups is 1. The lowest BCUT2D eigenvalue weighted by molar-refractivity contribution is -0.229. The minimum Gasteiger partial charge on any atom is -0.756 e. The number of hydrogen-bond acceptors (Lipinski definition) is 10. The maximum absolute atomic E-state index is 12.4. The number of methoxy groups -OCH3 is 1. The van der Waals surface area contributed by atoms with Crippen molar-refractivity contribution in [1.82, 2.24) is 14.9 Å². The Labute approximate surface area is 196 Å². The summed E-state index contributed by atoms with van der Waals surface area (Å²) in [6.45, 7) is 1.14. The van der Waals surface area contributed by atoms with Gasteiger partial charge < -0.3 is 34.5 Å². The van der Waals surface area contributed by atoms with Gasteiger partial charge in [-0.2, -0.15) is 0 Å². The second-order valence-electron chi connectivity index (χ2n) is 7.67. The van der Waals surface area contributed by atoms with E-state index in [1.165, 1.54) is 25.5 Å². The second kappa shape index (κ2) is 13.7. The molecule has 1 amide bonds. The number of rotatable bonds is 14. The van der Waals surface area contributed by atoms with Gasteiger partial charge in [0.2, 0.25) is 5.91 Å². The van der Waals surface area contributed by atoms with Crippen molar-refractivity contribution < 1.29 is 32.8 Å². The normalized spacial score (nSPS) is 22.2. The lowest BCUT2D eigenvalue weighted by atomic mass is 10.2. The molecule has 14 heteroatoms. The number of hydrogen-bond donors (Lipinski definition) is 3. The lowest BCUT2D eigenvalue weighted by Gasteiger charge is -2.26. The van der Waals surface area contributed by atoms with Crippen molar-refractivity contribution >= 4 is 19.8 Å². The molecular weight excluding hydrogens is 471 g/mol. The summed E-state index contributed by atoms with van der Waals surface area (Å²) < 4.78 is 33.0. The van der Waals surface area contributed by atoms with Crippen LogP contribution in [0.1, 0.15) is 43.9 Å². The molecule has 2 heterocycles. The Morgan fingerprint density at radius 2 is 2.09 bits per heavy atom. The monoisotopic (exact) mass is 503 g/mol. The van der Waals surface area contributed by atoms with Gasteiger partial charge in [0.05, 0.1) is 18.3 Å². The lowest BCUT2D eigenvalue weighted by Crippen LogP contribution is -2.33. The Bertz CT molecular complexity index is 993. The van der Waals surface area contributed by atoms with Crippen LogP contribution >= 0.6 is 7.82 Å². The highest BCUT2D eigenvalue weighted by molar-refractivity contribution is 7.45. The molecule has 0 bridgehead atoms. The van der Waals surface area contributed by atoms with E-state index in [1.54, 1.807) is 0 Å². The zero-order valence-corrected chi connectivity index (χ0v) is 20.2. The van der Waals surface area contributed by atoms with Gasteiger partial charge in [-0.3, -0.25) is 23.7 Å². The third-order valence-electron chi connectivity index (χ3n) is 5.15. The van der Waals surface area contributed by atoms with Crippen molar-refractivity contribution in [2.75, 3.05) is 33.9 Å². The number of nitrogens with one attached hydrogen (secondary N) is 2. The molecule has 0 aromatic carbocycles. The first-order valence-corrected chi connectivity index (χ1v) is 12.4. The van der Waals surface area contributed by atoms with Crippen molar-refractivity contribution in [3.63, 3.8) is 0 Å². The Balaban J connectivity index is 2.09. The zero-order chi connectivity index (χ0) is 25.1. The molecule has 13 nitrogen and oxygen atoms in total. The topological polar surface area (TPSA) is 187 Å². The average molecular weight is 503 g/mol. The number of ether oxygens (including phenoxy) is 2. The molecule has 34 heavy (non-hydrogen) atoms. The SMILES string of the molecule is COC[C@H]1O[C@@H](n2cc(/C=C/C(=O)NCCCCCCN)c(=O)[nH]c2=O)C[C@H]1OP(=O)([O-])OC. The summed E-state index contributed by atoms with van der Waals surface area (Å²) in [4.78, 5) is 50.5. The largest absolute Gasteiger partial charge is 0.756 e. The van der Waals surface area contributed by atoms with Gasteiger partial charge in [-0.15, -0.1) is 0 Å². The Hall–Kier alpha value is -2.12. The highest BCUT2D eigenvalue weighted by atomic mass is 31.2. The molecule has 0 saturated carbocycles. The first-order chi connectivity index (χ1) is 16.2. The third kappa shape index (κ3) is 8.58. The van der Waals surface area contributed by atoms with E-state index in [4.69, 9.17) is 19.7 Å². The molecule has 0 aliphatic carbocycles. The predicted molar refractivity (Wildman–Crippen MR) is 121 cm³/mol. The number of nitrogens with zero attached hydrogens (tertiary/aromatic N) is 1. The van der Waals surface area contributed by atoms with Crippen LogP contribution in [-0.4, -0.2) is 61.6 Å². The first-order valence-electron chi connectivity index (χ1n) is 10.9. The van der Waals surface area contributed by atoms with Crippen molar-refractivity contribution in [3.05, 3.63) is 38.7 Å². The van der Waals surface area contributed by atoms with Gasteiger partial charge in [0.15, 0.2) is 0 Å². The Morgan fingerprint density at radius 3 is 2.76 bits per heavy atom. The van der Waals surface area contributed by atoms with E-state index >= 15 is 0 Å². The number of unbranched alkanes of at least 4 members (excludes halogenated alkanes) is 3. The van der Waals surface area contributed by atoms with Crippen LogP contribution in [0.3, 0.4) is 0 Å². The highest BCUT2D eigenvalue weighted by Crippen LogP contribution is 2.43. The molecule has 1 aliphatic heterocycles. The summed E-state index contributed by atoms with van der Waals surface area (Å²) in [5.41, 5.74) is 4.03. The van der Waals surface area contributed by atoms with E-state index < -0.39 is 37.5 Å². The fourth-order valence-electron chi connectivity index (χ4n) is 3.40. The number of aromatic amines is 1. The van der Waals surface area contributed by atoms with E-state index in [9.17, 15) is 23.8 Å². The van der Waals surface area contributed by atoms with E-state index in [0.717, 1.165) is 37.4 Å². The molecule has 1 aromatic heterocycles. The van der Waals surface area contributed by atoms with Crippen LogP contribution in [0.2, 0.25) is 0 Å². The number of nitrogens with two attached hydrogens (primary N) is 1. The van der Waals surface area contributed by atoms with Crippen LogP contribution in [0, 0.1) is 0 Å². The molecule has 0 radical (unpaired) electrons. The van der Waals surface area contributed by atoms with Gasteiger partial charge >= 0.3 is 5.69 Å². The standard InChI is InChI=1S/C20H33N4O9P/c1-30-13-16-15(33-34(28,29)31-2)11-18(32-16)24-12-14(19(26)23-20(24)27)7-8-17(25)22-10-6-4-3-5-9-21/h7-8,12,15-16,18H,3-6,9-11,13,21H2,1-2H3,(H,22,25)(H,28,29)(H,23,26,27)/p-1/b8-7+/t15-,16-,18-/m1/s1. The van der Waals surface area contributed by atoms with Gasteiger partial charge in [-0.1, -0.05) is 12.8 Å². The highest BCUT2D eigenvalue weighted by Gasteiger charge is 2.39. The fourth-order valence-corrected chi connectivity index (χ4v) is 4.04. The molecule has 2 rings (SSSR count). The zero-order valence-electron chi connectivity index (χ0n) is 19.3. The quantitative estimate of drug-likeness (QED) is 0.172. The van der Waals surface area contributed by atoms with Gasteiger partial charge in [-0.25, -0.2) is 4.79 Å². The van der Waals surface area contributed by atoms with Gasteiger partial charge in [0, 0.05) is 39.5 Å². The van der Waals surface area contributed by atoms with Crippen LogP contribution in [0.15, 0.2) is 21.9 Å². The van der Waals surface area contributed by atoms with Gasteiger partial charge in [-0.05, 0) is 25.5 Å². The summed E-state index contributed by atoms with van der Waals surface area (Å²) in [5.74, 6) is -0.382. The maximum Gasteiger partial charge on any atom is 0.330 e. The molecule has 1 unspecified atom stereocenters. The Kier molecular flexibility index (Phi) is 11.3. The molecule has 0 spiro atoms. The van der Waals surface area contributed by atoms with E-state index in [2.05, 4.69) is 14.8 Å². The number of carbonyl (C=O) groups excluding carboxylic acids is 1. The van der Waals surface area contributed by atoms with E-state index in [-0.39, 0.29) is 24.5 Å². The van der Waals surface area contributed by atoms with Gasteiger partial charge in [0.25, 0.3) is 13.4 Å². The molecule has 1 aliphatic rings. The molecule has 1 saturated heterocycles. The number of carbonyl (C=O) groups is 1. The average Bonchev–Trinajstić information content (AvgIpc) is 3.17. The van der Waals surface area contributed by atoms with Crippen LogP contribution in [0.4, 0.5) is 0 Å². The van der Waals surface area contributed by atoms with E-state index in [0.29, 0.717) is 13.1 Å². The predicted octanol–water partition coefficient (Wildman–Crippen LogP) is -0.381. The summed E-state index contributed by atoms with van der Waals surface area (Å²) in [5, 5.41) is 2.72. The first kappa shape index (κ1) is 28.1. The smallest absolute Gasteiger partial charge is 0.330 e. The number of H-pyrrole nitrogens is 1. The van der Waals surface area contributed by atoms with Crippen LogP contribution < -0.4 is 27.2 Å². The molecule has 192 valence electrons. The van der Waals surface area contributed by atoms with Crippen molar-refractivity contribution in [1.29, 1.82) is 0 Å². The van der Waals surface area contributed by atoms with Crippen LogP contribution in [-0.2, 0) is 27.9 Å². The number of amides is 1. The van der Waals surface area contributed by atoms with E-state index in [1.807, 2.05) is 0 Å². The van der Waals surface area contributed by atoms with Crippen LogP contribution in [0.5, 0.6) is 0 Å². The molecule has 4 N–H and O–H groups in total. The molecule has 1 aromatic rings. The fraction of sp³-hybridized carbons (Fsp3) is 0.650. The summed E-state index contributed by atoms with van der Waals surface area (Å²) in [6.07, 6.45) is 4.68. The molecule has 4 atom stereocenters. The summed E-state index contributed by atoms with van der Waals surface area (Å²) in [6, 6.07) is 0. The maximum atomic E-state index is 12.4. The van der Waals surface area contributed by atoms with Crippen LogP contribution in [0.25, 0.3) is 6.08 Å².